The first-order chi connectivity index (χ1) is 17.9. The maximum Gasteiger partial charge on any atom is 0.330 e. The molecule has 0 radical (unpaired) electrons. The molecule has 5 rings (SSSR count). The summed E-state index contributed by atoms with van der Waals surface area (Å²) in [5.74, 6) is -3.45. The summed E-state index contributed by atoms with van der Waals surface area (Å²) >= 11 is 12.6. The first-order valence-corrected chi connectivity index (χ1v) is 13.3. The second kappa shape index (κ2) is 11.5. The number of nitrogens with one attached hydrogen (secondary N) is 2. The van der Waals surface area contributed by atoms with Gasteiger partial charge in [0.2, 0.25) is 0 Å². The molecule has 3 fully saturated rings. The van der Waals surface area contributed by atoms with Crippen LogP contribution >= 0.6 is 23.2 Å². The van der Waals surface area contributed by atoms with E-state index in [4.69, 9.17) is 32.8 Å². The van der Waals surface area contributed by atoms with E-state index in [2.05, 4.69) is 10.6 Å². The van der Waals surface area contributed by atoms with Crippen molar-refractivity contribution in [2.24, 2.45) is 17.8 Å². The fourth-order valence-electron chi connectivity index (χ4n) is 5.49. The minimum Gasteiger partial charge on any atom is -0.393 e. The molecule has 3 aliphatic rings. The van der Waals surface area contributed by atoms with Gasteiger partial charge in [0.25, 0.3) is 0 Å². The molecule has 196 valence electrons. The van der Waals surface area contributed by atoms with Crippen molar-refractivity contribution in [1.82, 2.24) is 15.7 Å². The molecule has 2 N–H and O–H groups in total. The summed E-state index contributed by atoms with van der Waals surface area (Å²) in [6.07, 6.45) is 0.637. The van der Waals surface area contributed by atoms with Crippen LogP contribution in [-0.2, 0) is 24.0 Å². The smallest absolute Gasteiger partial charge is 0.330 e. The van der Waals surface area contributed by atoms with Crippen LogP contribution < -0.4 is 10.6 Å². The van der Waals surface area contributed by atoms with Crippen LogP contribution in [0, 0.1) is 17.8 Å². The van der Waals surface area contributed by atoms with Gasteiger partial charge in [-0.3, -0.25) is 9.59 Å². The number of carbonyl (C=O) groups is 3. The predicted molar refractivity (Wildman–Crippen MR) is 138 cm³/mol. The van der Waals surface area contributed by atoms with Crippen molar-refractivity contribution >= 4 is 41.1 Å². The van der Waals surface area contributed by atoms with Crippen LogP contribution in [0.25, 0.3) is 0 Å². The van der Waals surface area contributed by atoms with Crippen LogP contribution in [0.3, 0.4) is 0 Å². The van der Waals surface area contributed by atoms with Crippen LogP contribution in [0.5, 0.6) is 0 Å². The molecule has 2 aromatic rings. The molecule has 0 aliphatic carbocycles. The first-order valence-electron chi connectivity index (χ1n) is 12.5. The Morgan fingerprint density at radius 2 is 1.68 bits per heavy atom. The van der Waals surface area contributed by atoms with Crippen LogP contribution in [0.4, 0.5) is 0 Å². The SMILES string of the molecule is O=C(OC(=O)C1CN(OC(=O)C2CNCC2c2cccc(Cl)c2)CC1c1ccccc1Cl)C1CCNC1. The van der Waals surface area contributed by atoms with Crippen LogP contribution in [0.15, 0.2) is 48.5 Å². The van der Waals surface area contributed by atoms with Crippen molar-refractivity contribution in [3.8, 4) is 0 Å². The van der Waals surface area contributed by atoms with Gasteiger partial charge in [-0.15, -0.1) is 5.06 Å². The Morgan fingerprint density at radius 1 is 0.838 bits per heavy atom. The lowest BCUT2D eigenvalue weighted by Crippen LogP contribution is -2.33. The molecular formula is C27H29Cl2N3O5. The largest absolute Gasteiger partial charge is 0.393 e. The van der Waals surface area contributed by atoms with Crippen molar-refractivity contribution in [1.29, 1.82) is 0 Å². The van der Waals surface area contributed by atoms with Crippen LogP contribution in [-0.4, -0.2) is 62.2 Å². The van der Waals surface area contributed by atoms with Gasteiger partial charge in [-0.25, -0.2) is 4.79 Å². The molecule has 3 saturated heterocycles. The number of hydrogen-bond donors (Lipinski definition) is 2. The van der Waals surface area contributed by atoms with E-state index >= 15 is 0 Å². The molecule has 5 atom stereocenters. The van der Waals surface area contributed by atoms with Gasteiger partial charge in [-0.1, -0.05) is 53.5 Å². The maximum atomic E-state index is 13.3. The molecule has 0 spiro atoms. The Balaban J connectivity index is 1.30. The van der Waals surface area contributed by atoms with Gasteiger partial charge in [-0.2, -0.15) is 0 Å². The Labute approximate surface area is 225 Å². The minimum absolute atomic E-state index is 0.0772. The third-order valence-corrected chi connectivity index (χ3v) is 8.08. The average Bonchev–Trinajstić information content (AvgIpc) is 3.65. The molecule has 37 heavy (non-hydrogen) atoms. The zero-order chi connectivity index (χ0) is 25.9. The average molecular weight is 546 g/mol. The third kappa shape index (κ3) is 5.84. The van der Waals surface area contributed by atoms with Crippen molar-refractivity contribution in [2.75, 3.05) is 39.3 Å². The van der Waals surface area contributed by atoms with Crippen molar-refractivity contribution in [3.05, 3.63) is 69.7 Å². The van der Waals surface area contributed by atoms with E-state index in [1.807, 2.05) is 36.4 Å². The lowest BCUT2D eigenvalue weighted by molar-refractivity contribution is -0.192. The summed E-state index contributed by atoms with van der Waals surface area (Å²) in [4.78, 5) is 44.8. The van der Waals surface area contributed by atoms with E-state index in [1.54, 1.807) is 12.1 Å². The third-order valence-electron chi connectivity index (χ3n) is 7.50. The first kappa shape index (κ1) is 26.1. The molecule has 8 nitrogen and oxygen atoms in total. The second-order valence-electron chi connectivity index (χ2n) is 9.85. The minimum atomic E-state index is -0.712. The monoisotopic (exact) mass is 545 g/mol. The van der Waals surface area contributed by atoms with Gasteiger partial charge in [0, 0.05) is 54.6 Å². The van der Waals surface area contributed by atoms with E-state index in [0.29, 0.717) is 36.1 Å². The molecule has 0 saturated carbocycles. The van der Waals surface area contributed by atoms with E-state index in [-0.39, 0.29) is 30.9 Å². The zero-order valence-corrected chi connectivity index (χ0v) is 21.7. The summed E-state index contributed by atoms with van der Waals surface area (Å²) < 4.78 is 5.30. The number of rotatable bonds is 6. The molecule has 5 unspecified atom stereocenters. The Hall–Kier alpha value is -2.49. The lowest BCUT2D eigenvalue weighted by atomic mass is 9.89. The molecule has 0 aromatic heterocycles. The van der Waals surface area contributed by atoms with E-state index in [9.17, 15) is 14.4 Å². The maximum absolute atomic E-state index is 13.3. The van der Waals surface area contributed by atoms with Crippen molar-refractivity contribution in [3.63, 3.8) is 0 Å². The predicted octanol–water partition coefficient (Wildman–Crippen LogP) is 3.15. The molecule has 2 aromatic carbocycles. The number of hydrogen-bond acceptors (Lipinski definition) is 8. The van der Waals surface area contributed by atoms with Crippen LogP contribution in [0.1, 0.15) is 29.4 Å². The van der Waals surface area contributed by atoms with Gasteiger partial charge in [-0.05, 0) is 42.3 Å². The summed E-state index contributed by atoms with van der Waals surface area (Å²) in [6.45, 7) is 2.70. The number of esters is 2. The standard InChI is InChI=1S/C27H29Cl2N3O5/c28-18-5-3-4-16(10-18)20-12-31-13-21(20)27(35)37-32-14-22(19-6-1-2-7-24(19)29)23(15-32)26(34)36-25(33)17-8-9-30-11-17/h1-7,10,17,20-23,30-31H,8-9,11-15H2. The number of halogens is 2. The van der Waals surface area contributed by atoms with E-state index in [0.717, 1.165) is 17.7 Å². The fraction of sp³-hybridized carbons (Fsp3) is 0.444. The zero-order valence-electron chi connectivity index (χ0n) is 20.2. The van der Waals surface area contributed by atoms with Gasteiger partial charge in [0.1, 0.15) is 0 Å². The van der Waals surface area contributed by atoms with Gasteiger partial charge >= 0.3 is 17.9 Å². The number of hydroxylamine groups is 2. The highest BCUT2D eigenvalue weighted by molar-refractivity contribution is 6.31. The Kier molecular flexibility index (Phi) is 8.12. The number of nitrogens with zero attached hydrogens (tertiary/aromatic N) is 1. The van der Waals surface area contributed by atoms with Gasteiger partial charge in [0.15, 0.2) is 0 Å². The summed E-state index contributed by atoms with van der Waals surface area (Å²) in [6, 6.07) is 14.7. The van der Waals surface area contributed by atoms with Crippen LogP contribution in [0.2, 0.25) is 10.0 Å². The summed E-state index contributed by atoms with van der Waals surface area (Å²) in [5.41, 5.74) is 1.72. The number of carbonyl (C=O) groups excluding carboxylic acids is 3. The van der Waals surface area contributed by atoms with Gasteiger partial charge < -0.3 is 20.2 Å². The molecule has 3 heterocycles. The fourth-order valence-corrected chi connectivity index (χ4v) is 5.97. The molecule has 10 heteroatoms. The summed E-state index contributed by atoms with van der Waals surface area (Å²) in [7, 11) is 0. The Morgan fingerprint density at radius 3 is 2.43 bits per heavy atom. The lowest BCUT2D eigenvalue weighted by Gasteiger charge is -2.22. The highest BCUT2D eigenvalue weighted by Gasteiger charge is 2.45. The van der Waals surface area contributed by atoms with Crippen molar-refractivity contribution < 1.29 is 24.0 Å². The van der Waals surface area contributed by atoms with E-state index < -0.39 is 29.7 Å². The van der Waals surface area contributed by atoms with E-state index in [1.165, 1.54) is 5.06 Å². The number of benzene rings is 2. The topological polar surface area (TPSA) is 97.0 Å². The normalized spacial score (nSPS) is 27.8. The highest BCUT2D eigenvalue weighted by atomic mass is 35.5. The second-order valence-corrected chi connectivity index (χ2v) is 10.7. The molecular weight excluding hydrogens is 517 g/mol. The molecule has 3 aliphatic heterocycles. The van der Waals surface area contributed by atoms with Gasteiger partial charge in [0.05, 0.1) is 17.8 Å². The highest BCUT2D eigenvalue weighted by Crippen LogP contribution is 2.38. The molecule has 0 amide bonds. The number of ether oxygens (including phenoxy) is 1. The summed E-state index contributed by atoms with van der Waals surface area (Å²) in [5, 5.41) is 8.99. The van der Waals surface area contributed by atoms with Crippen molar-refractivity contribution in [2.45, 2.75) is 18.3 Å². The Bertz CT molecular complexity index is 1170. The quantitative estimate of drug-likeness (QED) is 0.422. The molecule has 0 bridgehead atoms.